The van der Waals surface area contributed by atoms with Crippen LogP contribution in [-0.4, -0.2) is 27.7 Å². The number of aryl methyl sites for hydroxylation is 1. The van der Waals surface area contributed by atoms with Crippen molar-refractivity contribution in [1.29, 1.82) is 0 Å². The molecule has 8 heteroatoms. The lowest BCUT2D eigenvalue weighted by atomic mass is 10.2. The zero-order chi connectivity index (χ0) is 24.9. The highest BCUT2D eigenvalue weighted by atomic mass is 16.5. The summed E-state index contributed by atoms with van der Waals surface area (Å²) in [6, 6.07) is 24.0. The molecule has 0 N–H and O–H groups in total. The van der Waals surface area contributed by atoms with Gasteiger partial charge in [-0.05, 0) is 55.5 Å². The fraction of sp³-hybridized carbons (Fsp3) is 0.143. The molecule has 0 unspecified atom stereocenters. The quantitative estimate of drug-likeness (QED) is 0.255. The molecule has 8 nitrogen and oxygen atoms in total. The molecule has 182 valence electrons. The number of para-hydroxylation sites is 3. The maximum atomic E-state index is 13.4. The van der Waals surface area contributed by atoms with E-state index in [9.17, 15) is 4.79 Å². The van der Waals surface area contributed by atoms with E-state index in [1.807, 2.05) is 67.6 Å². The molecule has 0 atom stereocenters. The lowest BCUT2D eigenvalue weighted by Crippen LogP contribution is -2.30. The number of methoxy groups -OCH3 is 1. The molecule has 0 bridgehead atoms. The second-order valence-electron chi connectivity index (χ2n) is 8.09. The van der Waals surface area contributed by atoms with Gasteiger partial charge in [-0.25, -0.2) is 4.68 Å². The van der Waals surface area contributed by atoms with Gasteiger partial charge in [0.05, 0.1) is 49.7 Å². The van der Waals surface area contributed by atoms with E-state index >= 15 is 0 Å². The van der Waals surface area contributed by atoms with Crippen LogP contribution in [0.15, 0.2) is 100 Å². The van der Waals surface area contributed by atoms with Crippen molar-refractivity contribution < 1.29 is 23.1 Å². The van der Waals surface area contributed by atoms with Gasteiger partial charge in [-0.3, -0.25) is 4.79 Å². The Morgan fingerprint density at radius 1 is 0.889 bits per heavy atom. The largest absolute Gasteiger partial charge is 0.493 e. The predicted molar refractivity (Wildman–Crippen MR) is 132 cm³/mol. The number of nitrogens with zero attached hydrogens (tertiary/aromatic N) is 3. The lowest BCUT2D eigenvalue weighted by Gasteiger charge is -2.21. The Kier molecular flexibility index (Phi) is 6.57. The predicted octanol–water partition coefficient (Wildman–Crippen LogP) is 6.01. The van der Waals surface area contributed by atoms with Crippen molar-refractivity contribution >= 4 is 5.91 Å². The summed E-state index contributed by atoms with van der Waals surface area (Å²) in [6.45, 7) is 2.35. The second kappa shape index (κ2) is 10.3. The Morgan fingerprint density at radius 3 is 2.31 bits per heavy atom. The Bertz CT molecular complexity index is 1420. The zero-order valence-electron chi connectivity index (χ0n) is 20.0. The molecule has 0 aliphatic rings. The van der Waals surface area contributed by atoms with Gasteiger partial charge in [0.15, 0.2) is 17.3 Å². The minimum atomic E-state index is -0.272. The van der Waals surface area contributed by atoms with E-state index in [0.717, 1.165) is 16.9 Å². The van der Waals surface area contributed by atoms with Crippen molar-refractivity contribution in [3.8, 4) is 23.1 Å². The van der Waals surface area contributed by atoms with E-state index in [4.69, 9.17) is 23.4 Å². The van der Waals surface area contributed by atoms with Crippen LogP contribution in [0.5, 0.6) is 17.4 Å². The van der Waals surface area contributed by atoms with E-state index in [1.54, 1.807) is 41.2 Å². The smallest absolute Gasteiger partial charge is 0.290 e. The molecular formula is C28H25N3O5. The Morgan fingerprint density at radius 2 is 1.61 bits per heavy atom. The van der Waals surface area contributed by atoms with Crippen LogP contribution in [0.25, 0.3) is 5.69 Å². The lowest BCUT2D eigenvalue weighted by molar-refractivity contribution is 0.0684. The van der Waals surface area contributed by atoms with Gasteiger partial charge >= 0.3 is 0 Å². The molecule has 1 amide bonds. The van der Waals surface area contributed by atoms with Crippen LogP contribution in [0.1, 0.15) is 27.6 Å². The normalized spacial score (nSPS) is 10.8. The van der Waals surface area contributed by atoms with Crippen molar-refractivity contribution in [2.75, 3.05) is 7.11 Å². The molecule has 0 radical (unpaired) electrons. The number of aromatic nitrogens is 2. The summed E-state index contributed by atoms with van der Waals surface area (Å²) < 4.78 is 24.6. The van der Waals surface area contributed by atoms with Crippen LogP contribution >= 0.6 is 0 Å². The van der Waals surface area contributed by atoms with E-state index in [1.165, 1.54) is 6.26 Å². The molecule has 3 aromatic heterocycles. The van der Waals surface area contributed by atoms with Crippen molar-refractivity contribution in [2.45, 2.75) is 20.0 Å². The van der Waals surface area contributed by atoms with Gasteiger partial charge in [0, 0.05) is 0 Å². The number of ether oxygens (including phenoxy) is 2. The first-order valence-corrected chi connectivity index (χ1v) is 11.4. The molecule has 36 heavy (non-hydrogen) atoms. The van der Waals surface area contributed by atoms with Gasteiger partial charge in [-0.2, -0.15) is 5.10 Å². The van der Waals surface area contributed by atoms with Gasteiger partial charge in [-0.1, -0.05) is 30.3 Å². The highest BCUT2D eigenvalue weighted by Crippen LogP contribution is 2.36. The first kappa shape index (κ1) is 23.0. The monoisotopic (exact) mass is 483 g/mol. The van der Waals surface area contributed by atoms with Crippen LogP contribution in [0, 0.1) is 6.92 Å². The molecule has 0 aliphatic carbocycles. The number of rotatable bonds is 9. The first-order valence-electron chi connectivity index (χ1n) is 11.4. The molecule has 0 fully saturated rings. The third kappa shape index (κ3) is 4.74. The van der Waals surface area contributed by atoms with Crippen LogP contribution in [-0.2, 0) is 13.1 Å². The molecule has 0 saturated carbocycles. The van der Waals surface area contributed by atoms with Crippen molar-refractivity contribution in [1.82, 2.24) is 14.7 Å². The topological polar surface area (TPSA) is 82.9 Å². The van der Waals surface area contributed by atoms with Gasteiger partial charge in [0.25, 0.3) is 5.91 Å². The summed E-state index contributed by atoms with van der Waals surface area (Å²) in [5.74, 6) is 2.22. The van der Waals surface area contributed by atoms with E-state index < -0.39 is 0 Å². The molecule has 0 spiro atoms. The maximum absolute atomic E-state index is 13.4. The van der Waals surface area contributed by atoms with Gasteiger partial charge in [0.2, 0.25) is 5.88 Å². The van der Waals surface area contributed by atoms with E-state index in [-0.39, 0.29) is 24.8 Å². The maximum Gasteiger partial charge on any atom is 0.290 e. The summed E-state index contributed by atoms with van der Waals surface area (Å²) in [5, 5.41) is 4.77. The molecule has 3 heterocycles. The highest BCUT2D eigenvalue weighted by Gasteiger charge is 2.26. The van der Waals surface area contributed by atoms with Gasteiger partial charge in [-0.15, -0.1) is 0 Å². The Hall–Kier alpha value is -4.72. The summed E-state index contributed by atoms with van der Waals surface area (Å²) >= 11 is 0. The molecule has 0 aliphatic heterocycles. The van der Waals surface area contributed by atoms with Crippen molar-refractivity contribution in [3.63, 3.8) is 0 Å². The van der Waals surface area contributed by atoms with Crippen LogP contribution < -0.4 is 9.47 Å². The van der Waals surface area contributed by atoms with Gasteiger partial charge < -0.3 is 23.2 Å². The van der Waals surface area contributed by atoms with E-state index in [2.05, 4.69) is 0 Å². The number of hydrogen-bond donors (Lipinski definition) is 0. The molecule has 0 saturated heterocycles. The third-order valence-electron chi connectivity index (χ3n) is 5.71. The summed E-state index contributed by atoms with van der Waals surface area (Å²) in [4.78, 5) is 15.0. The summed E-state index contributed by atoms with van der Waals surface area (Å²) in [7, 11) is 1.59. The summed E-state index contributed by atoms with van der Waals surface area (Å²) in [5.41, 5.74) is 2.29. The van der Waals surface area contributed by atoms with Gasteiger partial charge in [0.1, 0.15) is 5.76 Å². The summed E-state index contributed by atoms with van der Waals surface area (Å²) in [6.07, 6.45) is 3.06. The molecule has 5 aromatic rings. The SMILES string of the molecule is COc1ccccc1Oc1c(CN(Cc2ccco2)C(=O)c2ccco2)c(C)nn1-c1ccccc1. The van der Waals surface area contributed by atoms with Crippen LogP contribution in [0.2, 0.25) is 0 Å². The molecular weight excluding hydrogens is 458 g/mol. The number of carbonyl (C=O) groups is 1. The minimum Gasteiger partial charge on any atom is -0.493 e. The minimum absolute atomic E-state index is 0.212. The Labute approximate surface area is 208 Å². The van der Waals surface area contributed by atoms with E-state index in [0.29, 0.717) is 23.1 Å². The Balaban J connectivity index is 1.58. The third-order valence-corrected chi connectivity index (χ3v) is 5.71. The second-order valence-corrected chi connectivity index (χ2v) is 8.09. The fourth-order valence-corrected chi connectivity index (χ4v) is 3.91. The fourth-order valence-electron chi connectivity index (χ4n) is 3.91. The zero-order valence-corrected chi connectivity index (χ0v) is 20.0. The number of carbonyl (C=O) groups excluding carboxylic acids is 1. The number of furan rings is 2. The van der Waals surface area contributed by atoms with Crippen LogP contribution in [0.3, 0.4) is 0 Å². The van der Waals surface area contributed by atoms with Crippen LogP contribution in [0.4, 0.5) is 0 Å². The standard InChI is InChI=1S/C28H25N3O5/c1-20-23(19-30(18-22-12-8-16-34-22)27(32)26-15-9-17-35-26)28(31(29-20)21-10-4-3-5-11-21)36-25-14-7-6-13-24(25)33-2/h3-17H,18-19H2,1-2H3. The number of amides is 1. The molecule has 2 aromatic carbocycles. The number of benzene rings is 2. The van der Waals surface area contributed by atoms with Crippen molar-refractivity contribution in [3.05, 3.63) is 114 Å². The average Bonchev–Trinajstić information content (AvgIpc) is 3.68. The van der Waals surface area contributed by atoms with Crippen molar-refractivity contribution in [2.24, 2.45) is 0 Å². The molecule has 5 rings (SSSR count). The number of hydrogen-bond acceptors (Lipinski definition) is 6. The average molecular weight is 484 g/mol. The first-order chi connectivity index (χ1) is 17.6. The highest BCUT2D eigenvalue weighted by molar-refractivity contribution is 5.91.